The Balaban J connectivity index is 0.000000162. The summed E-state index contributed by atoms with van der Waals surface area (Å²) >= 11 is 0. The van der Waals surface area contributed by atoms with Gasteiger partial charge in [0.05, 0.1) is 0 Å². The van der Waals surface area contributed by atoms with Crippen LogP contribution in [0.15, 0.2) is 0 Å². The van der Waals surface area contributed by atoms with Crippen molar-refractivity contribution >= 4 is 0 Å². The smallest absolute Gasteiger partial charge is 0.0354 e. The molecule has 10 heavy (non-hydrogen) atoms. The third-order valence-electron chi connectivity index (χ3n) is 2.07. The third kappa shape index (κ3) is 8.00. The summed E-state index contributed by atoms with van der Waals surface area (Å²) in [6.45, 7) is 11.2. The van der Waals surface area contributed by atoms with Crippen molar-refractivity contribution in [3.05, 3.63) is 0 Å². The Labute approximate surface area is 66.0 Å². The van der Waals surface area contributed by atoms with Crippen LogP contribution in [-0.2, 0) is 0 Å². The van der Waals surface area contributed by atoms with Gasteiger partial charge in [-0.2, -0.15) is 0 Å². The number of rotatable bonds is 1. The molecule has 1 saturated carbocycles. The van der Waals surface area contributed by atoms with Gasteiger partial charge in [0, 0.05) is 0 Å². The highest BCUT2D eigenvalue weighted by Crippen LogP contribution is 2.43. The summed E-state index contributed by atoms with van der Waals surface area (Å²) in [6.07, 6.45) is 4.21. The minimum atomic E-state index is 0.750. The van der Waals surface area contributed by atoms with Crippen LogP contribution in [0.2, 0.25) is 0 Å². The second kappa shape index (κ2) is 4.00. The number of hydrogen-bond donors (Lipinski definition) is 0. The lowest BCUT2D eigenvalue weighted by Gasteiger charge is -1.90. The van der Waals surface area contributed by atoms with Crippen LogP contribution in [-0.4, -0.2) is 0 Å². The molecule has 0 nitrogen and oxygen atoms in total. The van der Waals surface area contributed by atoms with Gasteiger partial charge in [0.25, 0.3) is 0 Å². The lowest BCUT2D eigenvalue weighted by Crippen LogP contribution is -1.77. The molecule has 0 aromatic rings. The van der Waals surface area contributed by atoms with Crippen LogP contribution < -0.4 is 0 Å². The van der Waals surface area contributed by atoms with Gasteiger partial charge < -0.3 is 0 Å². The molecule has 0 radical (unpaired) electrons. The van der Waals surface area contributed by atoms with Crippen molar-refractivity contribution in [2.24, 2.45) is 11.3 Å². The minimum absolute atomic E-state index is 0.750. The summed E-state index contributed by atoms with van der Waals surface area (Å²) in [5.41, 5.74) is 0.750. The van der Waals surface area contributed by atoms with Crippen LogP contribution in [0.3, 0.4) is 0 Å². The quantitative estimate of drug-likeness (QED) is 0.521. The van der Waals surface area contributed by atoms with Crippen molar-refractivity contribution < 1.29 is 0 Å². The Kier molecular flexibility index (Phi) is 4.00. The van der Waals surface area contributed by atoms with Gasteiger partial charge in [-0.1, -0.05) is 41.0 Å². The maximum absolute atomic E-state index is 2.30. The van der Waals surface area contributed by atoms with E-state index >= 15 is 0 Å². The summed E-state index contributed by atoms with van der Waals surface area (Å²) in [7, 11) is 0. The van der Waals surface area contributed by atoms with E-state index in [0.29, 0.717) is 0 Å². The molecule has 0 saturated heterocycles. The molecule has 1 aliphatic rings. The molecule has 0 heteroatoms. The molecular weight excluding hydrogens is 120 g/mol. The van der Waals surface area contributed by atoms with Crippen LogP contribution in [0.4, 0.5) is 0 Å². The summed E-state index contributed by atoms with van der Waals surface area (Å²) in [4.78, 5) is 0. The van der Waals surface area contributed by atoms with Crippen molar-refractivity contribution in [1.82, 2.24) is 0 Å². The highest BCUT2D eigenvalue weighted by Gasteiger charge is 2.30. The summed E-state index contributed by atoms with van der Waals surface area (Å²) in [6, 6.07) is 0. The Morgan fingerprint density at radius 1 is 1.20 bits per heavy atom. The van der Waals surface area contributed by atoms with Crippen molar-refractivity contribution in [2.75, 3.05) is 0 Å². The van der Waals surface area contributed by atoms with Gasteiger partial charge in [0.2, 0.25) is 0 Å². The Bertz CT molecular complexity index is 74.0. The van der Waals surface area contributed by atoms with Crippen LogP contribution in [0.1, 0.15) is 53.9 Å². The average molecular weight is 142 g/mol. The van der Waals surface area contributed by atoms with E-state index in [1.807, 2.05) is 0 Å². The van der Waals surface area contributed by atoms with Gasteiger partial charge in [-0.3, -0.25) is 0 Å². The van der Waals surface area contributed by atoms with Gasteiger partial charge in [0.15, 0.2) is 0 Å². The third-order valence-corrected chi connectivity index (χ3v) is 2.07. The first-order chi connectivity index (χ1) is 4.48. The van der Waals surface area contributed by atoms with E-state index in [0.717, 1.165) is 11.3 Å². The molecule has 1 aliphatic carbocycles. The molecule has 0 aliphatic heterocycles. The van der Waals surface area contributed by atoms with Gasteiger partial charge in [-0.05, 0) is 24.2 Å². The van der Waals surface area contributed by atoms with Crippen LogP contribution in [0, 0.1) is 11.3 Å². The zero-order valence-corrected chi connectivity index (χ0v) is 8.20. The maximum atomic E-state index is 2.30. The fourth-order valence-corrected chi connectivity index (χ4v) is 0.250. The highest BCUT2D eigenvalue weighted by atomic mass is 14.4. The predicted octanol–water partition coefficient (Wildman–Crippen LogP) is 3.86. The molecule has 0 N–H and O–H groups in total. The maximum Gasteiger partial charge on any atom is -0.0354 e. The fraction of sp³-hybridized carbons (Fsp3) is 1.00. The van der Waals surface area contributed by atoms with Crippen molar-refractivity contribution in [3.63, 3.8) is 0 Å². The van der Waals surface area contributed by atoms with Gasteiger partial charge in [-0.15, -0.1) is 0 Å². The van der Waals surface area contributed by atoms with E-state index < -0.39 is 0 Å². The fourth-order valence-electron chi connectivity index (χ4n) is 0.250. The Hall–Kier alpha value is 0. The van der Waals surface area contributed by atoms with Crippen molar-refractivity contribution in [1.29, 1.82) is 0 Å². The lowest BCUT2D eigenvalue weighted by atomic mass is 10.2. The second-order valence-electron chi connectivity index (χ2n) is 4.47. The SMILES string of the molecule is CC1(C)CC1.CCC(C)C. The molecule has 0 spiro atoms. The van der Waals surface area contributed by atoms with Gasteiger partial charge in [-0.25, -0.2) is 0 Å². The first-order valence-electron chi connectivity index (χ1n) is 4.48. The molecule has 1 rings (SSSR count). The van der Waals surface area contributed by atoms with Crippen LogP contribution in [0.25, 0.3) is 0 Å². The monoisotopic (exact) mass is 142 g/mol. The van der Waals surface area contributed by atoms with Crippen molar-refractivity contribution in [2.45, 2.75) is 53.9 Å². The van der Waals surface area contributed by atoms with E-state index in [4.69, 9.17) is 0 Å². The molecule has 1 fully saturated rings. The molecule has 0 aromatic carbocycles. The van der Waals surface area contributed by atoms with Crippen molar-refractivity contribution in [3.8, 4) is 0 Å². The molecule has 0 atom stereocenters. The molecule has 0 heterocycles. The molecule has 0 unspecified atom stereocenters. The average Bonchev–Trinajstić information content (AvgIpc) is 2.48. The van der Waals surface area contributed by atoms with E-state index in [9.17, 15) is 0 Å². The molecule has 0 amide bonds. The van der Waals surface area contributed by atoms with E-state index in [1.54, 1.807) is 0 Å². The first kappa shape index (κ1) is 10.0. The topological polar surface area (TPSA) is 0 Å². The molecule has 0 bridgehead atoms. The van der Waals surface area contributed by atoms with E-state index in [-0.39, 0.29) is 0 Å². The minimum Gasteiger partial charge on any atom is -0.0651 e. The summed E-state index contributed by atoms with van der Waals surface area (Å²) in [5, 5.41) is 0. The second-order valence-corrected chi connectivity index (χ2v) is 4.47. The first-order valence-corrected chi connectivity index (χ1v) is 4.48. The number of hydrogen-bond acceptors (Lipinski definition) is 0. The summed E-state index contributed by atoms with van der Waals surface area (Å²) in [5.74, 6) is 0.884. The summed E-state index contributed by atoms with van der Waals surface area (Å²) < 4.78 is 0. The van der Waals surface area contributed by atoms with E-state index in [1.165, 1.54) is 19.3 Å². The predicted molar refractivity (Wildman–Crippen MR) is 48.1 cm³/mol. The zero-order valence-electron chi connectivity index (χ0n) is 8.20. The largest absolute Gasteiger partial charge is 0.0651 e. The highest BCUT2D eigenvalue weighted by molar-refractivity contribution is 4.82. The van der Waals surface area contributed by atoms with Crippen LogP contribution in [0.5, 0.6) is 0 Å². The standard InChI is InChI=1S/C5H10.C5H12/c1-5(2)3-4-5;1-4-5(2)3/h3-4H2,1-2H3;5H,4H2,1-3H3. The van der Waals surface area contributed by atoms with Crippen LogP contribution >= 0.6 is 0 Å². The zero-order chi connectivity index (χ0) is 8.20. The molecular formula is C10H22. The molecule has 62 valence electrons. The van der Waals surface area contributed by atoms with Gasteiger partial charge in [0.1, 0.15) is 0 Å². The van der Waals surface area contributed by atoms with E-state index in [2.05, 4.69) is 34.6 Å². The Morgan fingerprint density at radius 2 is 1.40 bits per heavy atom. The van der Waals surface area contributed by atoms with Gasteiger partial charge >= 0.3 is 0 Å². The molecule has 0 aromatic heterocycles. The normalized spacial score (nSPS) is 19.8. The lowest BCUT2D eigenvalue weighted by molar-refractivity contribution is 0.626. The Morgan fingerprint density at radius 3 is 1.40 bits per heavy atom.